The number of nitrogens with zero attached hydrogens (tertiary/aromatic N) is 3. The van der Waals surface area contributed by atoms with Crippen LogP contribution in [0.3, 0.4) is 0 Å². The number of halogens is 1. The Morgan fingerprint density at radius 2 is 2.26 bits per heavy atom. The summed E-state index contributed by atoms with van der Waals surface area (Å²) in [6.45, 7) is 0.240. The molecule has 2 rings (SSSR count). The number of carbonyl (C=O) groups is 1. The van der Waals surface area contributed by atoms with Gasteiger partial charge in [-0.2, -0.15) is 5.10 Å². The first-order valence-corrected chi connectivity index (χ1v) is 5.53. The third-order valence-corrected chi connectivity index (χ3v) is 2.81. The van der Waals surface area contributed by atoms with Crippen LogP contribution in [0.2, 0.25) is 5.02 Å². The van der Waals surface area contributed by atoms with Crippen LogP contribution in [0, 0.1) is 10.1 Å². The van der Waals surface area contributed by atoms with E-state index in [-0.39, 0.29) is 22.8 Å². The molecule has 0 fully saturated rings. The van der Waals surface area contributed by atoms with Crippen molar-refractivity contribution in [1.82, 2.24) is 9.78 Å². The summed E-state index contributed by atoms with van der Waals surface area (Å²) in [5.41, 5.74) is 0.589. The summed E-state index contributed by atoms with van der Waals surface area (Å²) in [6, 6.07) is 4.10. The maximum absolute atomic E-state index is 10.7. The van der Waals surface area contributed by atoms with Gasteiger partial charge in [-0.15, -0.1) is 0 Å². The monoisotopic (exact) mass is 281 g/mol. The highest BCUT2D eigenvalue weighted by Gasteiger charge is 2.11. The van der Waals surface area contributed by atoms with E-state index >= 15 is 0 Å². The average molecular weight is 282 g/mol. The van der Waals surface area contributed by atoms with E-state index in [0.29, 0.717) is 5.56 Å². The Labute approximate surface area is 112 Å². The zero-order valence-electron chi connectivity index (χ0n) is 9.49. The molecule has 0 bridgehead atoms. The fourth-order valence-corrected chi connectivity index (χ4v) is 1.75. The lowest BCUT2D eigenvalue weighted by molar-refractivity contribution is -0.384. The maximum atomic E-state index is 10.7. The molecule has 0 aliphatic heterocycles. The lowest BCUT2D eigenvalue weighted by Gasteiger charge is -2.04. The quantitative estimate of drug-likeness (QED) is 0.684. The van der Waals surface area contributed by atoms with Gasteiger partial charge in [0, 0.05) is 18.3 Å². The number of aromatic nitrogens is 2. The van der Waals surface area contributed by atoms with Gasteiger partial charge >= 0.3 is 5.97 Å². The standard InChI is InChI=1S/C11H8ClN3O4/c12-10-3-9(15(18)19)2-1-7(10)5-14-6-8(4-13-14)11(16)17/h1-4,6H,5H2,(H,16,17). The predicted molar refractivity (Wildman–Crippen MR) is 66.4 cm³/mol. The van der Waals surface area contributed by atoms with Gasteiger partial charge in [0.05, 0.1) is 28.3 Å². The number of hydrogen-bond acceptors (Lipinski definition) is 4. The number of rotatable bonds is 4. The first-order valence-electron chi connectivity index (χ1n) is 5.16. The zero-order chi connectivity index (χ0) is 14.0. The fourth-order valence-electron chi connectivity index (χ4n) is 1.51. The van der Waals surface area contributed by atoms with E-state index in [1.807, 2.05) is 0 Å². The van der Waals surface area contributed by atoms with E-state index in [9.17, 15) is 14.9 Å². The summed E-state index contributed by atoms with van der Waals surface area (Å²) in [6.07, 6.45) is 2.59. The Balaban J connectivity index is 2.23. The van der Waals surface area contributed by atoms with E-state index in [1.54, 1.807) is 0 Å². The minimum atomic E-state index is -1.07. The molecule has 0 amide bonds. The van der Waals surface area contributed by atoms with E-state index < -0.39 is 10.9 Å². The SMILES string of the molecule is O=C(O)c1cnn(Cc2ccc([N+](=O)[O-])cc2Cl)c1. The van der Waals surface area contributed by atoms with E-state index in [4.69, 9.17) is 16.7 Å². The van der Waals surface area contributed by atoms with Crippen molar-refractivity contribution in [2.24, 2.45) is 0 Å². The van der Waals surface area contributed by atoms with Crippen LogP contribution in [0.15, 0.2) is 30.6 Å². The van der Waals surface area contributed by atoms with Crippen LogP contribution in [0.1, 0.15) is 15.9 Å². The van der Waals surface area contributed by atoms with Crippen LogP contribution in [0.5, 0.6) is 0 Å². The molecule has 0 atom stereocenters. The molecule has 0 aliphatic rings. The highest BCUT2D eigenvalue weighted by molar-refractivity contribution is 6.31. The van der Waals surface area contributed by atoms with Gasteiger partial charge in [0.15, 0.2) is 0 Å². The molecular weight excluding hydrogens is 274 g/mol. The number of aromatic carboxylic acids is 1. The Bertz CT molecular complexity index is 653. The second kappa shape index (κ2) is 5.07. The summed E-state index contributed by atoms with van der Waals surface area (Å²) >= 11 is 5.93. The first-order chi connectivity index (χ1) is 8.97. The van der Waals surface area contributed by atoms with Crippen molar-refractivity contribution in [1.29, 1.82) is 0 Å². The fraction of sp³-hybridized carbons (Fsp3) is 0.0909. The number of carboxylic acids is 1. The predicted octanol–water partition coefficient (Wildman–Crippen LogP) is 2.19. The summed E-state index contributed by atoms with van der Waals surface area (Å²) in [5, 5.41) is 23.4. The molecule has 1 heterocycles. The Morgan fingerprint density at radius 3 is 2.79 bits per heavy atom. The molecule has 98 valence electrons. The molecule has 2 aromatic rings. The van der Waals surface area contributed by atoms with Crippen LogP contribution in [-0.4, -0.2) is 25.8 Å². The summed E-state index contributed by atoms with van der Waals surface area (Å²) in [7, 11) is 0. The van der Waals surface area contributed by atoms with Crippen molar-refractivity contribution in [3.05, 3.63) is 56.9 Å². The number of non-ortho nitro benzene ring substituents is 1. The van der Waals surface area contributed by atoms with Gasteiger partial charge in [0.1, 0.15) is 0 Å². The Hall–Kier alpha value is -2.41. The number of carboxylic acid groups (broad SMARTS) is 1. The summed E-state index contributed by atoms with van der Waals surface area (Å²) < 4.78 is 1.40. The normalized spacial score (nSPS) is 10.4. The smallest absolute Gasteiger partial charge is 0.338 e. The van der Waals surface area contributed by atoms with Gasteiger partial charge in [0.2, 0.25) is 0 Å². The largest absolute Gasteiger partial charge is 0.478 e. The first kappa shape index (κ1) is 13.0. The maximum Gasteiger partial charge on any atom is 0.338 e. The van der Waals surface area contributed by atoms with E-state index in [0.717, 1.165) is 0 Å². The third kappa shape index (κ3) is 2.89. The molecule has 0 radical (unpaired) electrons. The van der Waals surface area contributed by atoms with Crippen LogP contribution >= 0.6 is 11.6 Å². The average Bonchev–Trinajstić information content (AvgIpc) is 2.80. The molecule has 19 heavy (non-hydrogen) atoms. The van der Waals surface area contributed by atoms with Gasteiger partial charge in [-0.05, 0) is 11.6 Å². The van der Waals surface area contributed by atoms with Crippen molar-refractivity contribution in [2.75, 3.05) is 0 Å². The van der Waals surface area contributed by atoms with Gasteiger partial charge < -0.3 is 5.11 Å². The lowest BCUT2D eigenvalue weighted by atomic mass is 10.2. The molecule has 0 aliphatic carbocycles. The van der Waals surface area contributed by atoms with Crippen LogP contribution in [0.4, 0.5) is 5.69 Å². The number of benzene rings is 1. The van der Waals surface area contributed by atoms with Crippen LogP contribution in [-0.2, 0) is 6.54 Å². The van der Waals surface area contributed by atoms with Gasteiger partial charge in [0.25, 0.3) is 5.69 Å². The molecule has 8 heteroatoms. The molecule has 0 saturated carbocycles. The van der Waals surface area contributed by atoms with Gasteiger partial charge in [-0.25, -0.2) is 4.79 Å². The topological polar surface area (TPSA) is 98.3 Å². The molecule has 7 nitrogen and oxygen atoms in total. The van der Waals surface area contributed by atoms with Gasteiger partial charge in [-0.3, -0.25) is 14.8 Å². The lowest BCUT2D eigenvalue weighted by Crippen LogP contribution is -2.01. The zero-order valence-corrected chi connectivity index (χ0v) is 10.2. The highest BCUT2D eigenvalue weighted by Crippen LogP contribution is 2.23. The second-order valence-electron chi connectivity index (χ2n) is 3.76. The molecule has 0 saturated heterocycles. The van der Waals surface area contributed by atoms with Crippen molar-refractivity contribution in [3.63, 3.8) is 0 Å². The number of nitro benzene ring substituents is 1. The van der Waals surface area contributed by atoms with Gasteiger partial charge in [-0.1, -0.05) is 11.6 Å². The Morgan fingerprint density at radius 1 is 1.53 bits per heavy atom. The summed E-state index contributed by atoms with van der Waals surface area (Å²) in [5.74, 6) is -1.07. The van der Waals surface area contributed by atoms with Crippen molar-refractivity contribution in [2.45, 2.75) is 6.54 Å². The van der Waals surface area contributed by atoms with Crippen molar-refractivity contribution in [3.8, 4) is 0 Å². The Kier molecular flexibility index (Phi) is 3.48. The molecule has 0 spiro atoms. The van der Waals surface area contributed by atoms with Crippen LogP contribution in [0.25, 0.3) is 0 Å². The minimum absolute atomic E-state index is 0.0676. The third-order valence-electron chi connectivity index (χ3n) is 2.46. The van der Waals surface area contributed by atoms with E-state index in [1.165, 1.54) is 35.3 Å². The highest BCUT2D eigenvalue weighted by atomic mass is 35.5. The molecule has 1 aromatic carbocycles. The molecule has 1 N–H and O–H groups in total. The number of hydrogen-bond donors (Lipinski definition) is 1. The molecule has 0 unspecified atom stereocenters. The number of nitro groups is 1. The minimum Gasteiger partial charge on any atom is -0.478 e. The van der Waals surface area contributed by atoms with Crippen molar-refractivity contribution >= 4 is 23.3 Å². The molecule has 1 aromatic heterocycles. The molecular formula is C11H8ClN3O4. The second-order valence-corrected chi connectivity index (χ2v) is 4.17. The summed E-state index contributed by atoms with van der Waals surface area (Å²) in [4.78, 5) is 20.7. The van der Waals surface area contributed by atoms with E-state index in [2.05, 4.69) is 5.10 Å². The van der Waals surface area contributed by atoms with Crippen molar-refractivity contribution < 1.29 is 14.8 Å². The van der Waals surface area contributed by atoms with Crippen LogP contribution < -0.4 is 0 Å².